The maximum atomic E-state index is 12.8. The smallest absolute Gasteiger partial charge is 0.255 e. The van der Waals surface area contributed by atoms with E-state index in [0.717, 1.165) is 43.4 Å². The largest absolute Gasteiger partial charge is 0.393 e. The number of aromatic nitrogens is 1. The van der Waals surface area contributed by atoms with Crippen LogP contribution in [-0.2, 0) is 6.54 Å². The minimum absolute atomic E-state index is 0.0798. The molecular weight excluding hydrogens is 376 g/mol. The average Bonchev–Trinajstić information content (AvgIpc) is 3.15. The molecule has 1 aromatic carbocycles. The molecule has 6 nitrogen and oxygen atoms in total. The molecule has 0 radical (unpaired) electrons. The highest BCUT2D eigenvalue weighted by Crippen LogP contribution is 2.25. The molecule has 2 heterocycles. The third kappa shape index (κ3) is 4.82. The van der Waals surface area contributed by atoms with Crippen LogP contribution in [0.2, 0.25) is 0 Å². The van der Waals surface area contributed by atoms with Gasteiger partial charge in [-0.3, -0.25) is 9.69 Å². The zero-order valence-corrected chi connectivity index (χ0v) is 17.7. The summed E-state index contributed by atoms with van der Waals surface area (Å²) in [7, 11) is 0. The summed E-state index contributed by atoms with van der Waals surface area (Å²) < 4.78 is 0. The van der Waals surface area contributed by atoms with E-state index in [1.165, 1.54) is 24.9 Å². The number of benzene rings is 1. The van der Waals surface area contributed by atoms with E-state index in [0.29, 0.717) is 11.6 Å². The van der Waals surface area contributed by atoms with Crippen LogP contribution in [0.5, 0.6) is 0 Å². The number of nitrogens with one attached hydrogen (secondary N) is 1. The Bertz CT molecular complexity index is 875. The summed E-state index contributed by atoms with van der Waals surface area (Å²) in [4.78, 5) is 19.6. The van der Waals surface area contributed by atoms with E-state index in [2.05, 4.69) is 46.4 Å². The molecule has 0 spiro atoms. The molecule has 1 saturated heterocycles. The number of nitrogens with zero attached hydrogens (tertiary/aromatic N) is 2. The molecule has 2 fully saturated rings. The van der Waals surface area contributed by atoms with Gasteiger partial charge in [-0.05, 0) is 69.2 Å². The Morgan fingerprint density at radius 2 is 1.90 bits per heavy atom. The molecular formula is C24H32N4O2. The fraction of sp³-hybridized carbons (Fsp3) is 0.500. The van der Waals surface area contributed by atoms with E-state index >= 15 is 0 Å². The van der Waals surface area contributed by atoms with Gasteiger partial charge >= 0.3 is 0 Å². The Labute approximate surface area is 178 Å². The van der Waals surface area contributed by atoms with Crippen molar-refractivity contribution in [1.29, 1.82) is 0 Å². The van der Waals surface area contributed by atoms with Crippen LogP contribution in [0.15, 0.2) is 36.5 Å². The highest BCUT2D eigenvalue weighted by atomic mass is 16.3. The standard InChI is InChI=1S/C24H32N4O2/c1-16-3-2-12-28(16)15-17-4-6-18(7-5-17)19-13-22(23(25)26-14-19)24(30)27-20-8-10-21(29)11-9-20/h4-7,13-14,16,20-21,29H,2-3,8-12,15H2,1H3,(H2,25,26)(H,27,30)/t16-,20-,21-/m1/s1. The summed E-state index contributed by atoms with van der Waals surface area (Å²) in [6.45, 7) is 4.44. The number of likely N-dealkylation sites (tertiary alicyclic amines) is 1. The third-order valence-electron chi connectivity index (χ3n) is 6.56. The second-order valence-corrected chi connectivity index (χ2v) is 8.79. The molecule has 1 aromatic heterocycles. The Kier molecular flexibility index (Phi) is 6.35. The molecule has 6 heteroatoms. The topological polar surface area (TPSA) is 91.5 Å². The maximum absolute atomic E-state index is 12.8. The summed E-state index contributed by atoms with van der Waals surface area (Å²) in [5, 5.41) is 12.7. The van der Waals surface area contributed by atoms with Crippen molar-refractivity contribution in [3.63, 3.8) is 0 Å². The van der Waals surface area contributed by atoms with Gasteiger partial charge in [0.15, 0.2) is 0 Å². The Balaban J connectivity index is 1.45. The SMILES string of the molecule is C[C@@H]1CCCN1Cc1ccc(-c2cnc(N)c(C(=O)N[C@H]3CC[C@H](O)CC3)c2)cc1. The number of amides is 1. The van der Waals surface area contributed by atoms with Crippen molar-refractivity contribution in [1.82, 2.24) is 15.2 Å². The number of nitrogens with two attached hydrogens (primary N) is 1. The van der Waals surface area contributed by atoms with Crippen LogP contribution in [0, 0.1) is 0 Å². The lowest BCUT2D eigenvalue weighted by Crippen LogP contribution is -2.38. The third-order valence-corrected chi connectivity index (χ3v) is 6.56. The molecule has 30 heavy (non-hydrogen) atoms. The first-order valence-corrected chi connectivity index (χ1v) is 11.1. The first-order chi connectivity index (χ1) is 14.5. The molecule has 2 aromatic rings. The quantitative estimate of drug-likeness (QED) is 0.706. The number of aliphatic hydroxyl groups is 1. The highest BCUT2D eigenvalue weighted by molar-refractivity contribution is 5.99. The number of hydrogen-bond donors (Lipinski definition) is 3. The number of carbonyl (C=O) groups excluding carboxylic acids is 1. The van der Waals surface area contributed by atoms with Crippen molar-refractivity contribution in [2.45, 2.75) is 70.2 Å². The van der Waals surface area contributed by atoms with Gasteiger partial charge in [0, 0.05) is 30.4 Å². The van der Waals surface area contributed by atoms with Gasteiger partial charge in [-0.25, -0.2) is 4.98 Å². The number of rotatable bonds is 5. The van der Waals surface area contributed by atoms with E-state index in [-0.39, 0.29) is 23.9 Å². The zero-order valence-electron chi connectivity index (χ0n) is 17.7. The fourth-order valence-electron chi connectivity index (χ4n) is 4.56. The minimum Gasteiger partial charge on any atom is -0.393 e. The first-order valence-electron chi connectivity index (χ1n) is 11.1. The lowest BCUT2D eigenvalue weighted by atomic mass is 9.93. The van der Waals surface area contributed by atoms with E-state index in [1.807, 2.05) is 6.07 Å². The van der Waals surface area contributed by atoms with Crippen molar-refractivity contribution < 1.29 is 9.90 Å². The van der Waals surface area contributed by atoms with Crippen molar-refractivity contribution in [2.75, 3.05) is 12.3 Å². The Morgan fingerprint density at radius 1 is 1.17 bits per heavy atom. The lowest BCUT2D eigenvalue weighted by Gasteiger charge is -2.26. The van der Waals surface area contributed by atoms with E-state index < -0.39 is 0 Å². The van der Waals surface area contributed by atoms with Gasteiger partial charge in [-0.15, -0.1) is 0 Å². The molecule has 1 aliphatic heterocycles. The van der Waals surface area contributed by atoms with Gasteiger partial charge in [0.1, 0.15) is 5.82 Å². The van der Waals surface area contributed by atoms with E-state index in [9.17, 15) is 9.90 Å². The maximum Gasteiger partial charge on any atom is 0.255 e. The van der Waals surface area contributed by atoms with Crippen molar-refractivity contribution >= 4 is 11.7 Å². The number of hydrogen-bond acceptors (Lipinski definition) is 5. The summed E-state index contributed by atoms with van der Waals surface area (Å²) in [5.74, 6) is 0.0506. The number of pyridine rings is 1. The van der Waals surface area contributed by atoms with Crippen molar-refractivity contribution in [2.24, 2.45) is 0 Å². The average molecular weight is 409 g/mol. The molecule has 4 rings (SSSR count). The predicted molar refractivity (Wildman–Crippen MR) is 119 cm³/mol. The molecule has 1 amide bonds. The second kappa shape index (κ2) is 9.14. The van der Waals surface area contributed by atoms with E-state index in [1.54, 1.807) is 6.20 Å². The van der Waals surface area contributed by atoms with Crippen LogP contribution in [0.25, 0.3) is 11.1 Å². The van der Waals surface area contributed by atoms with Crippen LogP contribution >= 0.6 is 0 Å². The molecule has 1 aliphatic carbocycles. The summed E-state index contributed by atoms with van der Waals surface area (Å²) in [6, 6.07) is 11.1. The molecule has 2 aliphatic rings. The van der Waals surface area contributed by atoms with E-state index in [4.69, 9.17) is 5.73 Å². The van der Waals surface area contributed by atoms with Crippen LogP contribution in [0.4, 0.5) is 5.82 Å². The molecule has 1 saturated carbocycles. The van der Waals surface area contributed by atoms with Gasteiger partial charge < -0.3 is 16.2 Å². The number of aliphatic hydroxyl groups excluding tert-OH is 1. The van der Waals surface area contributed by atoms with Gasteiger partial charge in [-0.2, -0.15) is 0 Å². The number of carbonyl (C=O) groups is 1. The number of anilines is 1. The predicted octanol–water partition coefficient (Wildman–Crippen LogP) is 3.35. The molecule has 1 atom stereocenters. The zero-order chi connectivity index (χ0) is 21.1. The highest BCUT2D eigenvalue weighted by Gasteiger charge is 2.23. The Morgan fingerprint density at radius 3 is 2.57 bits per heavy atom. The molecule has 4 N–H and O–H groups in total. The normalized spacial score (nSPS) is 24.7. The molecule has 0 bridgehead atoms. The summed E-state index contributed by atoms with van der Waals surface area (Å²) in [5.41, 5.74) is 9.62. The van der Waals surface area contributed by atoms with Crippen LogP contribution in [0.1, 0.15) is 61.4 Å². The van der Waals surface area contributed by atoms with Gasteiger partial charge in [0.05, 0.1) is 11.7 Å². The van der Waals surface area contributed by atoms with Crippen molar-refractivity contribution in [3.05, 3.63) is 47.7 Å². The second-order valence-electron chi connectivity index (χ2n) is 8.79. The summed E-state index contributed by atoms with van der Waals surface area (Å²) in [6.07, 6.45) is 7.06. The fourth-order valence-corrected chi connectivity index (χ4v) is 4.56. The Hall–Kier alpha value is -2.44. The first kappa shape index (κ1) is 20.8. The monoisotopic (exact) mass is 408 g/mol. The van der Waals surface area contributed by atoms with Gasteiger partial charge in [0.2, 0.25) is 0 Å². The lowest BCUT2D eigenvalue weighted by molar-refractivity contribution is 0.0868. The minimum atomic E-state index is -0.245. The molecule has 160 valence electrons. The summed E-state index contributed by atoms with van der Waals surface area (Å²) >= 11 is 0. The number of nitrogen functional groups attached to an aromatic ring is 1. The van der Waals surface area contributed by atoms with Crippen molar-refractivity contribution in [3.8, 4) is 11.1 Å². The van der Waals surface area contributed by atoms with Gasteiger partial charge in [0.25, 0.3) is 5.91 Å². The molecule has 0 unspecified atom stereocenters. The van der Waals surface area contributed by atoms with Gasteiger partial charge in [-0.1, -0.05) is 24.3 Å². The van der Waals surface area contributed by atoms with Crippen LogP contribution < -0.4 is 11.1 Å². The van der Waals surface area contributed by atoms with Crippen LogP contribution in [0.3, 0.4) is 0 Å². The van der Waals surface area contributed by atoms with Crippen LogP contribution in [-0.4, -0.2) is 45.6 Å².